The molecule has 1 aromatic rings. The quantitative estimate of drug-likeness (QED) is 0.798. The van der Waals surface area contributed by atoms with Crippen molar-refractivity contribution < 1.29 is 9.59 Å². The van der Waals surface area contributed by atoms with E-state index in [-0.39, 0.29) is 18.4 Å². The Morgan fingerprint density at radius 1 is 1.42 bits per heavy atom. The number of aryl methyl sites for hydroxylation is 1. The first-order valence-electron chi connectivity index (χ1n) is 6.42. The summed E-state index contributed by atoms with van der Waals surface area (Å²) in [7, 11) is 0. The highest BCUT2D eigenvalue weighted by Gasteiger charge is 2.31. The third-order valence-corrected chi connectivity index (χ3v) is 3.71. The number of hydrogen-bond acceptors (Lipinski definition) is 3. The fourth-order valence-electron chi connectivity index (χ4n) is 2.64. The molecule has 2 atom stereocenters. The maximum Gasteiger partial charge on any atom is 0.240 e. The molecule has 0 saturated carbocycles. The fraction of sp³-hybridized carbons (Fsp3) is 0.538. The van der Waals surface area contributed by atoms with E-state index in [1.54, 1.807) is 4.90 Å². The van der Waals surface area contributed by atoms with Crippen LogP contribution >= 0.6 is 0 Å². The minimum Gasteiger partial charge on any atom is -0.370 e. The highest BCUT2D eigenvalue weighted by Crippen LogP contribution is 2.27. The second-order valence-electron chi connectivity index (χ2n) is 5.04. The summed E-state index contributed by atoms with van der Waals surface area (Å²) in [5.74, 6) is -0.763. The third-order valence-electron chi connectivity index (χ3n) is 3.71. The van der Waals surface area contributed by atoms with Crippen molar-refractivity contribution in [2.24, 2.45) is 11.5 Å². The molecule has 2 unspecified atom stereocenters. The molecule has 6 nitrogen and oxygen atoms in total. The number of carbonyl (C=O) groups excluding carboxylic acids is 2. The molecule has 0 spiro atoms. The molecule has 6 heteroatoms. The van der Waals surface area contributed by atoms with Crippen LogP contribution in [0.2, 0.25) is 0 Å². The number of hydrogen-bond donors (Lipinski definition) is 2. The van der Waals surface area contributed by atoms with Crippen LogP contribution in [0.4, 0.5) is 0 Å². The first-order valence-corrected chi connectivity index (χ1v) is 6.42. The predicted molar refractivity (Wildman–Crippen MR) is 71.1 cm³/mol. The zero-order valence-electron chi connectivity index (χ0n) is 11.3. The lowest BCUT2D eigenvalue weighted by Gasteiger charge is -2.36. The SMILES string of the molecule is Cc1ccc2n1CCN(C(=O)C(N)CC(N)=O)C2C. The van der Waals surface area contributed by atoms with Gasteiger partial charge in [0, 0.05) is 24.5 Å². The van der Waals surface area contributed by atoms with Gasteiger partial charge in [-0.2, -0.15) is 0 Å². The summed E-state index contributed by atoms with van der Waals surface area (Å²) in [6.45, 7) is 5.38. The largest absolute Gasteiger partial charge is 0.370 e. The molecular weight excluding hydrogens is 244 g/mol. The molecule has 0 fully saturated rings. The van der Waals surface area contributed by atoms with Gasteiger partial charge in [0.2, 0.25) is 11.8 Å². The monoisotopic (exact) mass is 264 g/mol. The maximum absolute atomic E-state index is 12.2. The van der Waals surface area contributed by atoms with Crippen molar-refractivity contribution in [1.29, 1.82) is 0 Å². The van der Waals surface area contributed by atoms with Crippen molar-refractivity contribution in [3.05, 3.63) is 23.5 Å². The van der Waals surface area contributed by atoms with Gasteiger partial charge < -0.3 is 20.9 Å². The Kier molecular flexibility index (Phi) is 3.61. The third kappa shape index (κ3) is 2.49. The predicted octanol–water partition coefficient (Wildman–Crippen LogP) is -0.0976. The number of rotatable bonds is 3. The normalized spacial score (nSPS) is 19.9. The molecule has 19 heavy (non-hydrogen) atoms. The van der Waals surface area contributed by atoms with Crippen LogP contribution < -0.4 is 11.5 Å². The zero-order chi connectivity index (χ0) is 14.2. The highest BCUT2D eigenvalue weighted by molar-refractivity contribution is 5.87. The number of fused-ring (bicyclic) bond motifs is 1. The Morgan fingerprint density at radius 2 is 2.11 bits per heavy atom. The Labute approximate surface area is 112 Å². The van der Waals surface area contributed by atoms with Crippen molar-refractivity contribution >= 4 is 11.8 Å². The molecule has 1 aromatic heterocycles. The van der Waals surface area contributed by atoms with Crippen molar-refractivity contribution in [3.8, 4) is 0 Å². The van der Waals surface area contributed by atoms with Gasteiger partial charge in [0.15, 0.2) is 0 Å². The number of nitrogens with two attached hydrogens (primary N) is 2. The second-order valence-corrected chi connectivity index (χ2v) is 5.04. The molecule has 0 radical (unpaired) electrons. The summed E-state index contributed by atoms with van der Waals surface area (Å²) in [5.41, 5.74) is 13.1. The van der Waals surface area contributed by atoms with Crippen LogP contribution in [0.25, 0.3) is 0 Å². The Morgan fingerprint density at radius 3 is 2.74 bits per heavy atom. The van der Waals surface area contributed by atoms with E-state index in [1.807, 2.05) is 26.0 Å². The van der Waals surface area contributed by atoms with Crippen LogP contribution in [0.5, 0.6) is 0 Å². The molecule has 0 aromatic carbocycles. The van der Waals surface area contributed by atoms with Crippen molar-refractivity contribution in [2.45, 2.75) is 38.9 Å². The van der Waals surface area contributed by atoms with Crippen LogP contribution in [0.1, 0.15) is 30.8 Å². The number of aromatic nitrogens is 1. The second kappa shape index (κ2) is 5.05. The summed E-state index contributed by atoms with van der Waals surface area (Å²) in [5, 5.41) is 0. The van der Waals surface area contributed by atoms with E-state index in [4.69, 9.17) is 11.5 Å². The summed E-state index contributed by atoms with van der Waals surface area (Å²) in [4.78, 5) is 24.8. The van der Waals surface area contributed by atoms with Gasteiger partial charge in [-0.1, -0.05) is 0 Å². The standard InChI is InChI=1S/C13H20N4O2/c1-8-3-4-11-9(2)17(6-5-16(8)11)13(19)10(14)7-12(15)18/h3-4,9-10H,5-7,14H2,1-2H3,(H2,15,18). The number of carbonyl (C=O) groups is 2. The molecule has 0 aliphatic carbocycles. The summed E-state index contributed by atoms with van der Waals surface area (Å²) < 4.78 is 2.20. The minimum absolute atomic E-state index is 0.0334. The number of amides is 2. The van der Waals surface area contributed by atoms with Crippen LogP contribution in [0, 0.1) is 6.92 Å². The topological polar surface area (TPSA) is 94.3 Å². The van der Waals surface area contributed by atoms with Gasteiger partial charge in [-0.25, -0.2) is 0 Å². The van der Waals surface area contributed by atoms with Gasteiger partial charge >= 0.3 is 0 Å². The Bertz CT molecular complexity index is 509. The average Bonchev–Trinajstić information content (AvgIpc) is 2.71. The molecule has 2 rings (SSSR count). The van der Waals surface area contributed by atoms with E-state index in [0.717, 1.165) is 12.2 Å². The van der Waals surface area contributed by atoms with E-state index in [9.17, 15) is 9.59 Å². The molecule has 2 heterocycles. The summed E-state index contributed by atoms with van der Waals surface area (Å²) in [6, 6.07) is 3.19. The Hall–Kier alpha value is -1.82. The highest BCUT2D eigenvalue weighted by atomic mass is 16.2. The maximum atomic E-state index is 12.2. The molecule has 0 saturated heterocycles. The van der Waals surface area contributed by atoms with Gasteiger partial charge in [-0.05, 0) is 26.0 Å². The first-order chi connectivity index (χ1) is 8.91. The molecule has 0 bridgehead atoms. The van der Waals surface area contributed by atoms with E-state index in [2.05, 4.69) is 4.57 Å². The fourth-order valence-corrected chi connectivity index (χ4v) is 2.64. The van der Waals surface area contributed by atoms with Crippen LogP contribution in [-0.2, 0) is 16.1 Å². The smallest absolute Gasteiger partial charge is 0.240 e. The van der Waals surface area contributed by atoms with Gasteiger partial charge in [0.1, 0.15) is 0 Å². The van der Waals surface area contributed by atoms with Gasteiger partial charge in [-0.3, -0.25) is 9.59 Å². The lowest BCUT2D eigenvalue weighted by Crippen LogP contribution is -2.49. The molecule has 2 amide bonds. The van der Waals surface area contributed by atoms with Crippen molar-refractivity contribution in [2.75, 3.05) is 6.54 Å². The van der Waals surface area contributed by atoms with Crippen molar-refractivity contribution in [1.82, 2.24) is 9.47 Å². The zero-order valence-corrected chi connectivity index (χ0v) is 11.3. The van der Waals surface area contributed by atoms with Crippen LogP contribution in [0.3, 0.4) is 0 Å². The minimum atomic E-state index is -0.845. The van der Waals surface area contributed by atoms with Crippen molar-refractivity contribution in [3.63, 3.8) is 0 Å². The van der Waals surface area contributed by atoms with E-state index in [0.29, 0.717) is 6.54 Å². The molecule has 1 aliphatic heterocycles. The number of nitrogens with zero attached hydrogens (tertiary/aromatic N) is 2. The lowest BCUT2D eigenvalue weighted by atomic mass is 10.1. The summed E-state index contributed by atoms with van der Waals surface area (Å²) >= 11 is 0. The molecule has 4 N–H and O–H groups in total. The van der Waals surface area contributed by atoms with Crippen LogP contribution in [-0.4, -0.2) is 33.9 Å². The average molecular weight is 264 g/mol. The lowest BCUT2D eigenvalue weighted by molar-refractivity contribution is -0.137. The van der Waals surface area contributed by atoms with E-state index < -0.39 is 11.9 Å². The summed E-state index contributed by atoms with van der Waals surface area (Å²) in [6.07, 6.45) is -0.109. The van der Waals surface area contributed by atoms with Gasteiger partial charge in [0.05, 0.1) is 18.5 Å². The number of primary amides is 1. The van der Waals surface area contributed by atoms with Gasteiger partial charge in [-0.15, -0.1) is 0 Å². The van der Waals surface area contributed by atoms with E-state index >= 15 is 0 Å². The Balaban J connectivity index is 2.15. The molecular formula is C13H20N4O2. The molecule has 104 valence electrons. The van der Waals surface area contributed by atoms with Crippen LogP contribution in [0.15, 0.2) is 12.1 Å². The molecule has 1 aliphatic rings. The van der Waals surface area contributed by atoms with E-state index in [1.165, 1.54) is 5.69 Å². The van der Waals surface area contributed by atoms with Gasteiger partial charge in [0.25, 0.3) is 0 Å². The first kappa shape index (κ1) is 13.6.